The number of hydrogen-bond donors (Lipinski definition) is 1. The van der Waals surface area contributed by atoms with Crippen LogP contribution in [-0.4, -0.2) is 14.5 Å². The molecule has 2 rings (SSSR count). The lowest BCUT2D eigenvalue weighted by molar-refractivity contribution is 0.226. The summed E-state index contributed by atoms with van der Waals surface area (Å²) in [5.41, 5.74) is 0. The summed E-state index contributed by atoms with van der Waals surface area (Å²) in [5.74, 6) is 0.400. The number of halogens is 1. The predicted octanol–water partition coefficient (Wildman–Crippen LogP) is 3.32. The lowest BCUT2D eigenvalue weighted by Gasteiger charge is -2.34. The minimum absolute atomic E-state index is 0.0150. The Labute approximate surface area is 120 Å². The number of benzene rings is 1. The van der Waals surface area contributed by atoms with Crippen LogP contribution >= 0.6 is 0 Å². The molecule has 0 bridgehead atoms. The van der Waals surface area contributed by atoms with Crippen molar-refractivity contribution < 1.29 is 12.8 Å². The standard InChI is InChI=1S/C15H22FNO2S/c1-11(2)14-5-3-4-6-15(14)17-20(18,19)13-9-7-12(16)8-10-13/h7-11,14-15,17H,3-6H2,1-2H3. The van der Waals surface area contributed by atoms with Gasteiger partial charge in [0.1, 0.15) is 5.82 Å². The fourth-order valence-electron chi connectivity index (χ4n) is 2.98. The van der Waals surface area contributed by atoms with E-state index >= 15 is 0 Å². The summed E-state index contributed by atoms with van der Waals surface area (Å²) >= 11 is 0. The fraction of sp³-hybridized carbons (Fsp3) is 0.600. The van der Waals surface area contributed by atoms with Gasteiger partial charge in [0.2, 0.25) is 10.0 Å². The third-order valence-electron chi connectivity index (χ3n) is 4.11. The molecule has 0 spiro atoms. The maximum atomic E-state index is 12.9. The molecular weight excluding hydrogens is 277 g/mol. The van der Waals surface area contributed by atoms with Crippen molar-refractivity contribution in [3.05, 3.63) is 30.1 Å². The fourth-order valence-corrected chi connectivity index (χ4v) is 4.31. The van der Waals surface area contributed by atoms with Crippen LogP contribution in [-0.2, 0) is 10.0 Å². The Balaban J connectivity index is 2.16. The number of sulfonamides is 1. The van der Waals surface area contributed by atoms with Crippen molar-refractivity contribution in [1.29, 1.82) is 0 Å². The Hall–Kier alpha value is -0.940. The highest BCUT2D eigenvalue weighted by Crippen LogP contribution is 2.31. The first-order valence-electron chi connectivity index (χ1n) is 7.18. The predicted molar refractivity (Wildman–Crippen MR) is 77.3 cm³/mol. The molecule has 1 saturated carbocycles. The molecule has 1 N–H and O–H groups in total. The summed E-state index contributed by atoms with van der Waals surface area (Å²) in [4.78, 5) is 0.131. The molecule has 20 heavy (non-hydrogen) atoms. The monoisotopic (exact) mass is 299 g/mol. The second-order valence-electron chi connectivity index (χ2n) is 5.87. The topological polar surface area (TPSA) is 46.2 Å². The summed E-state index contributed by atoms with van der Waals surface area (Å²) in [7, 11) is -3.56. The second kappa shape index (κ2) is 6.22. The molecule has 1 aliphatic carbocycles. The van der Waals surface area contributed by atoms with Gasteiger partial charge in [-0.3, -0.25) is 0 Å². The minimum Gasteiger partial charge on any atom is -0.208 e. The first kappa shape index (κ1) is 15.4. The van der Waals surface area contributed by atoms with Crippen LogP contribution in [0.25, 0.3) is 0 Å². The summed E-state index contributed by atoms with van der Waals surface area (Å²) in [6, 6.07) is 4.96. The van der Waals surface area contributed by atoms with Gasteiger partial charge in [0, 0.05) is 6.04 Å². The van der Waals surface area contributed by atoms with E-state index in [1.54, 1.807) is 0 Å². The van der Waals surface area contributed by atoms with Crippen LogP contribution in [0.2, 0.25) is 0 Å². The molecule has 0 aliphatic heterocycles. The van der Waals surface area contributed by atoms with E-state index in [9.17, 15) is 12.8 Å². The van der Waals surface area contributed by atoms with Crippen LogP contribution in [0.15, 0.2) is 29.2 Å². The molecule has 5 heteroatoms. The van der Waals surface area contributed by atoms with Crippen LogP contribution in [0.3, 0.4) is 0 Å². The third kappa shape index (κ3) is 3.58. The average molecular weight is 299 g/mol. The molecular formula is C15H22FNO2S. The van der Waals surface area contributed by atoms with E-state index in [4.69, 9.17) is 0 Å². The Morgan fingerprint density at radius 3 is 2.35 bits per heavy atom. The zero-order valence-electron chi connectivity index (χ0n) is 12.0. The van der Waals surface area contributed by atoms with Gasteiger partial charge in [0.15, 0.2) is 0 Å². The Kier molecular flexibility index (Phi) is 4.81. The zero-order valence-corrected chi connectivity index (χ0v) is 12.8. The maximum Gasteiger partial charge on any atom is 0.240 e. The van der Waals surface area contributed by atoms with Crippen LogP contribution in [0.4, 0.5) is 4.39 Å². The normalized spacial score (nSPS) is 24.0. The van der Waals surface area contributed by atoms with E-state index in [2.05, 4.69) is 18.6 Å². The maximum absolute atomic E-state index is 12.9. The average Bonchev–Trinajstić information content (AvgIpc) is 2.39. The van der Waals surface area contributed by atoms with Crippen LogP contribution in [0, 0.1) is 17.7 Å². The molecule has 2 unspecified atom stereocenters. The summed E-state index contributed by atoms with van der Waals surface area (Å²) in [6.45, 7) is 4.27. The number of hydrogen-bond acceptors (Lipinski definition) is 2. The first-order valence-corrected chi connectivity index (χ1v) is 8.66. The van der Waals surface area contributed by atoms with Crippen molar-refractivity contribution in [1.82, 2.24) is 4.72 Å². The van der Waals surface area contributed by atoms with E-state index in [0.717, 1.165) is 25.7 Å². The van der Waals surface area contributed by atoms with E-state index in [-0.39, 0.29) is 10.9 Å². The van der Waals surface area contributed by atoms with Gasteiger partial charge in [0.05, 0.1) is 4.90 Å². The molecule has 0 amide bonds. The van der Waals surface area contributed by atoms with Crippen LogP contribution < -0.4 is 4.72 Å². The molecule has 2 atom stereocenters. The molecule has 112 valence electrons. The van der Waals surface area contributed by atoms with Gasteiger partial charge in [-0.1, -0.05) is 26.7 Å². The van der Waals surface area contributed by atoms with Gasteiger partial charge < -0.3 is 0 Å². The quantitative estimate of drug-likeness (QED) is 0.927. The summed E-state index contributed by atoms with van der Waals surface area (Å²) < 4.78 is 40.4. The molecule has 1 aromatic carbocycles. The highest BCUT2D eigenvalue weighted by atomic mass is 32.2. The number of nitrogens with one attached hydrogen (secondary N) is 1. The first-order chi connectivity index (χ1) is 9.40. The number of rotatable bonds is 4. The zero-order chi connectivity index (χ0) is 14.8. The van der Waals surface area contributed by atoms with Crippen molar-refractivity contribution in [2.45, 2.75) is 50.5 Å². The molecule has 3 nitrogen and oxygen atoms in total. The largest absolute Gasteiger partial charge is 0.240 e. The van der Waals surface area contributed by atoms with Gasteiger partial charge >= 0.3 is 0 Å². The lowest BCUT2D eigenvalue weighted by atomic mass is 9.78. The van der Waals surface area contributed by atoms with Gasteiger partial charge in [-0.05, 0) is 48.9 Å². The van der Waals surface area contributed by atoms with Crippen molar-refractivity contribution in [2.75, 3.05) is 0 Å². The summed E-state index contributed by atoms with van der Waals surface area (Å²) in [5, 5.41) is 0. The van der Waals surface area contributed by atoms with Crippen molar-refractivity contribution in [3.8, 4) is 0 Å². The van der Waals surface area contributed by atoms with Crippen LogP contribution in [0.5, 0.6) is 0 Å². The second-order valence-corrected chi connectivity index (χ2v) is 7.59. The smallest absolute Gasteiger partial charge is 0.208 e. The molecule has 1 fully saturated rings. The van der Waals surface area contributed by atoms with Crippen molar-refractivity contribution in [2.24, 2.45) is 11.8 Å². The van der Waals surface area contributed by atoms with Crippen molar-refractivity contribution in [3.63, 3.8) is 0 Å². The van der Waals surface area contributed by atoms with Gasteiger partial charge in [-0.25, -0.2) is 17.5 Å². The van der Waals surface area contributed by atoms with Crippen molar-refractivity contribution >= 4 is 10.0 Å². The molecule has 0 aromatic heterocycles. The van der Waals surface area contributed by atoms with E-state index in [0.29, 0.717) is 11.8 Å². The lowest BCUT2D eigenvalue weighted by Crippen LogP contribution is -2.43. The SMILES string of the molecule is CC(C)C1CCCCC1NS(=O)(=O)c1ccc(F)cc1. The highest BCUT2D eigenvalue weighted by molar-refractivity contribution is 7.89. The van der Waals surface area contributed by atoms with E-state index in [1.165, 1.54) is 24.3 Å². The van der Waals surface area contributed by atoms with Gasteiger partial charge in [0.25, 0.3) is 0 Å². The summed E-state index contributed by atoms with van der Waals surface area (Å²) in [6.07, 6.45) is 4.16. The molecule has 0 saturated heterocycles. The van der Waals surface area contributed by atoms with Gasteiger partial charge in [-0.2, -0.15) is 0 Å². The van der Waals surface area contributed by atoms with E-state index in [1.807, 2.05) is 0 Å². The van der Waals surface area contributed by atoms with E-state index < -0.39 is 15.8 Å². The Morgan fingerprint density at radius 1 is 1.15 bits per heavy atom. The highest BCUT2D eigenvalue weighted by Gasteiger charge is 2.31. The minimum atomic E-state index is -3.56. The Morgan fingerprint density at radius 2 is 1.75 bits per heavy atom. The van der Waals surface area contributed by atoms with Gasteiger partial charge in [-0.15, -0.1) is 0 Å². The molecule has 1 aromatic rings. The Bertz CT molecular complexity index is 539. The third-order valence-corrected chi connectivity index (χ3v) is 5.61. The van der Waals surface area contributed by atoms with Crippen LogP contribution in [0.1, 0.15) is 39.5 Å². The molecule has 0 heterocycles. The molecule has 1 aliphatic rings. The molecule has 0 radical (unpaired) electrons.